The largest absolute Gasteiger partial charge is 0.497 e. The topological polar surface area (TPSA) is 67.8 Å². The van der Waals surface area contributed by atoms with E-state index < -0.39 is 28.9 Å². The number of benzene rings is 3. The van der Waals surface area contributed by atoms with Gasteiger partial charge < -0.3 is 10.1 Å². The second kappa shape index (κ2) is 9.37. The van der Waals surface area contributed by atoms with Crippen molar-refractivity contribution in [2.45, 2.75) is 32.2 Å². The Hall–Kier alpha value is -3.94. The van der Waals surface area contributed by atoms with Crippen molar-refractivity contribution in [1.29, 1.82) is 0 Å². The SMILES string of the molecule is COc1ccc2c(c1)C(CC(=O)c1ccc(NC(=O)c3c(F)ccc(F)c3F)cc1)=NC(C)(C)C2. The van der Waals surface area contributed by atoms with Gasteiger partial charge in [0.05, 0.1) is 24.8 Å². The number of hydrogen-bond acceptors (Lipinski definition) is 4. The quantitative estimate of drug-likeness (QED) is 0.360. The van der Waals surface area contributed by atoms with Crippen LogP contribution >= 0.6 is 0 Å². The molecule has 0 atom stereocenters. The molecule has 8 heteroatoms. The van der Waals surface area contributed by atoms with Crippen LogP contribution in [0.3, 0.4) is 0 Å². The average Bonchev–Trinajstić information content (AvgIpc) is 2.81. The van der Waals surface area contributed by atoms with E-state index in [1.807, 2.05) is 32.0 Å². The smallest absolute Gasteiger partial charge is 0.261 e. The van der Waals surface area contributed by atoms with Crippen molar-refractivity contribution < 1.29 is 27.5 Å². The molecular formula is C27H23F3N2O3. The molecule has 0 fully saturated rings. The number of aliphatic imine (C=N–C) groups is 1. The number of Topliss-reactive ketones (excluding diaryl/α,β-unsaturated/α-hetero) is 1. The van der Waals surface area contributed by atoms with Gasteiger partial charge in [-0.3, -0.25) is 14.6 Å². The summed E-state index contributed by atoms with van der Waals surface area (Å²) in [7, 11) is 1.58. The molecule has 0 aliphatic carbocycles. The Kier molecular flexibility index (Phi) is 6.47. The number of carbonyl (C=O) groups is 2. The monoisotopic (exact) mass is 480 g/mol. The number of ether oxygens (including phenoxy) is 1. The van der Waals surface area contributed by atoms with Crippen molar-refractivity contribution in [3.8, 4) is 5.75 Å². The van der Waals surface area contributed by atoms with Gasteiger partial charge in [0.2, 0.25) is 0 Å². The van der Waals surface area contributed by atoms with Gasteiger partial charge in [-0.1, -0.05) is 6.07 Å². The second-order valence-electron chi connectivity index (χ2n) is 8.92. The van der Waals surface area contributed by atoms with E-state index in [2.05, 4.69) is 5.32 Å². The van der Waals surface area contributed by atoms with Gasteiger partial charge in [-0.25, -0.2) is 13.2 Å². The van der Waals surface area contributed by atoms with E-state index in [1.54, 1.807) is 7.11 Å². The van der Waals surface area contributed by atoms with Crippen LogP contribution in [-0.2, 0) is 6.42 Å². The number of hydrogen-bond donors (Lipinski definition) is 1. The Labute approximate surface area is 200 Å². The van der Waals surface area contributed by atoms with Gasteiger partial charge in [0, 0.05) is 16.8 Å². The maximum Gasteiger partial charge on any atom is 0.261 e. The summed E-state index contributed by atoms with van der Waals surface area (Å²) in [5, 5.41) is 2.32. The van der Waals surface area contributed by atoms with Gasteiger partial charge in [0.25, 0.3) is 5.91 Å². The van der Waals surface area contributed by atoms with Gasteiger partial charge in [0.1, 0.15) is 17.1 Å². The fourth-order valence-electron chi connectivity index (χ4n) is 4.09. The number of nitrogens with zero attached hydrogens (tertiary/aromatic N) is 1. The average molecular weight is 480 g/mol. The molecule has 35 heavy (non-hydrogen) atoms. The van der Waals surface area contributed by atoms with Gasteiger partial charge in [-0.05, 0) is 74.4 Å². The highest BCUT2D eigenvalue weighted by Crippen LogP contribution is 2.31. The first-order valence-corrected chi connectivity index (χ1v) is 10.9. The molecule has 0 radical (unpaired) electrons. The molecule has 1 N–H and O–H groups in total. The summed E-state index contributed by atoms with van der Waals surface area (Å²) in [6, 6.07) is 12.9. The molecule has 1 aliphatic rings. The van der Waals surface area contributed by atoms with Gasteiger partial charge in [-0.2, -0.15) is 0 Å². The highest BCUT2D eigenvalue weighted by molar-refractivity contribution is 6.17. The Morgan fingerprint density at radius 3 is 2.37 bits per heavy atom. The Morgan fingerprint density at radius 2 is 1.69 bits per heavy atom. The fraction of sp³-hybridized carbons (Fsp3) is 0.222. The van der Waals surface area contributed by atoms with Gasteiger partial charge in [-0.15, -0.1) is 0 Å². The number of methoxy groups -OCH3 is 1. The van der Waals surface area contributed by atoms with E-state index in [4.69, 9.17) is 9.73 Å². The minimum atomic E-state index is -1.57. The molecule has 0 saturated carbocycles. The zero-order valence-electron chi connectivity index (χ0n) is 19.4. The molecule has 0 aromatic heterocycles. The van der Waals surface area contributed by atoms with E-state index in [1.165, 1.54) is 24.3 Å². The third-order valence-electron chi connectivity index (χ3n) is 5.75. The van der Waals surface area contributed by atoms with Crippen LogP contribution in [0.4, 0.5) is 18.9 Å². The molecule has 3 aromatic carbocycles. The molecule has 5 nitrogen and oxygen atoms in total. The summed E-state index contributed by atoms with van der Waals surface area (Å²) in [5.41, 5.74) is 1.82. The number of amides is 1. The number of halogens is 3. The van der Waals surface area contributed by atoms with Crippen molar-refractivity contribution in [1.82, 2.24) is 0 Å². The van der Waals surface area contributed by atoms with E-state index in [0.29, 0.717) is 29.2 Å². The number of nitrogens with one attached hydrogen (secondary N) is 1. The van der Waals surface area contributed by atoms with Crippen LogP contribution in [0.5, 0.6) is 5.75 Å². The molecule has 1 amide bonds. The van der Waals surface area contributed by atoms with Crippen LogP contribution in [0.1, 0.15) is 52.1 Å². The molecule has 4 rings (SSSR count). The summed E-state index contributed by atoms with van der Waals surface area (Å²) >= 11 is 0. The Bertz CT molecular complexity index is 1350. The Morgan fingerprint density at radius 1 is 1.00 bits per heavy atom. The van der Waals surface area contributed by atoms with Gasteiger partial charge in [0.15, 0.2) is 17.4 Å². The zero-order chi connectivity index (χ0) is 25.3. The maximum atomic E-state index is 13.9. The predicted octanol–water partition coefficient (Wildman–Crippen LogP) is 5.76. The van der Waals surface area contributed by atoms with Crippen LogP contribution in [0.25, 0.3) is 0 Å². The van der Waals surface area contributed by atoms with E-state index in [0.717, 1.165) is 17.5 Å². The molecule has 0 bridgehead atoms. The molecule has 1 heterocycles. The summed E-state index contributed by atoms with van der Waals surface area (Å²) in [6.07, 6.45) is 0.805. The van der Waals surface area contributed by atoms with Crippen LogP contribution in [-0.4, -0.2) is 30.1 Å². The lowest BCUT2D eigenvalue weighted by Gasteiger charge is -2.29. The van der Waals surface area contributed by atoms with E-state index in [9.17, 15) is 22.8 Å². The van der Waals surface area contributed by atoms with Crippen molar-refractivity contribution in [2.75, 3.05) is 12.4 Å². The third kappa shape index (κ3) is 5.11. The summed E-state index contributed by atoms with van der Waals surface area (Å²) in [5.74, 6) is -4.72. The molecule has 1 aliphatic heterocycles. The standard InChI is InChI=1S/C27H23F3N2O3/c1-27(2)14-16-6-9-18(35-3)12-19(16)22(32-27)13-23(33)15-4-7-17(8-5-15)31-26(34)24-20(28)10-11-21(29)25(24)30/h4-12H,13-14H2,1-3H3,(H,31,34). The predicted molar refractivity (Wildman–Crippen MR) is 127 cm³/mol. The molecule has 0 unspecified atom stereocenters. The van der Waals surface area contributed by atoms with Crippen LogP contribution in [0.15, 0.2) is 59.6 Å². The van der Waals surface area contributed by atoms with E-state index in [-0.39, 0.29) is 23.4 Å². The molecule has 0 saturated heterocycles. The maximum absolute atomic E-state index is 13.9. The summed E-state index contributed by atoms with van der Waals surface area (Å²) in [4.78, 5) is 30.1. The number of ketones is 1. The minimum absolute atomic E-state index is 0.0645. The molecule has 180 valence electrons. The van der Waals surface area contributed by atoms with Crippen molar-refractivity contribution in [3.63, 3.8) is 0 Å². The summed E-state index contributed by atoms with van der Waals surface area (Å²) < 4.78 is 46.5. The molecule has 0 spiro atoms. The first kappa shape index (κ1) is 24.2. The lowest BCUT2D eigenvalue weighted by molar-refractivity contribution is 0.0997. The minimum Gasteiger partial charge on any atom is -0.497 e. The number of carbonyl (C=O) groups excluding carboxylic acids is 2. The first-order valence-electron chi connectivity index (χ1n) is 10.9. The highest BCUT2D eigenvalue weighted by atomic mass is 19.2. The number of fused-ring (bicyclic) bond motifs is 1. The van der Waals surface area contributed by atoms with Crippen LogP contribution in [0.2, 0.25) is 0 Å². The highest BCUT2D eigenvalue weighted by Gasteiger charge is 2.28. The molecular weight excluding hydrogens is 457 g/mol. The van der Waals surface area contributed by atoms with Crippen molar-refractivity contribution >= 4 is 23.1 Å². The lowest BCUT2D eigenvalue weighted by Crippen LogP contribution is -2.30. The van der Waals surface area contributed by atoms with E-state index >= 15 is 0 Å². The van der Waals surface area contributed by atoms with Crippen molar-refractivity contribution in [3.05, 3.63) is 94.3 Å². The van der Waals surface area contributed by atoms with Crippen LogP contribution in [0, 0.1) is 17.5 Å². The number of rotatable bonds is 6. The lowest BCUT2D eigenvalue weighted by atomic mass is 9.85. The zero-order valence-corrected chi connectivity index (χ0v) is 19.4. The third-order valence-corrected chi connectivity index (χ3v) is 5.75. The van der Waals surface area contributed by atoms with Gasteiger partial charge >= 0.3 is 0 Å². The molecule has 3 aromatic rings. The number of anilines is 1. The van der Waals surface area contributed by atoms with Crippen molar-refractivity contribution in [2.24, 2.45) is 4.99 Å². The van der Waals surface area contributed by atoms with Crippen LogP contribution < -0.4 is 10.1 Å². The first-order chi connectivity index (χ1) is 16.6. The Balaban J connectivity index is 1.52. The normalized spacial score (nSPS) is 14.1. The fourth-order valence-corrected chi connectivity index (χ4v) is 4.09. The second-order valence-corrected chi connectivity index (χ2v) is 8.92. The summed E-state index contributed by atoms with van der Waals surface area (Å²) in [6.45, 7) is 4.01.